The van der Waals surface area contributed by atoms with Crippen molar-refractivity contribution in [3.63, 3.8) is 0 Å². The molecule has 5 rings (SSSR count). The third kappa shape index (κ3) is 7.19. The van der Waals surface area contributed by atoms with Gasteiger partial charge in [0.2, 0.25) is 11.8 Å². The van der Waals surface area contributed by atoms with Gasteiger partial charge in [0, 0.05) is 45.8 Å². The van der Waals surface area contributed by atoms with Crippen molar-refractivity contribution in [1.29, 1.82) is 0 Å². The molecule has 0 radical (unpaired) electrons. The SMILES string of the molecule is CNC(=O)C(C(c1ccc2ccccc2c1)c1ccc(F)cc1F)N1CCN(C(=O)C(N)Cc2ccc(F)cc2)C(COC)C1. The van der Waals surface area contributed by atoms with Crippen molar-refractivity contribution in [2.24, 2.45) is 5.73 Å². The summed E-state index contributed by atoms with van der Waals surface area (Å²) in [6.45, 7) is 0.958. The van der Waals surface area contributed by atoms with Crippen LogP contribution in [0.15, 0.2) is 84.9 Å². The van der Waals surface area contributed by atoms with Crippen LogP contribution in [0.3, 0.4) is 0 Å². The topological polar surface area (TPSA) is 87.9 Å². The largest absolute Gasteiger partial charge is 0.382 e. The molecular weight excluding hydrogens is 581 g/mol. The highest BCUT2D eigenvalue weighted by atomic mass is 19.1. The van der Waals surface area contributed by atoms with Crippen LogP contribution in [0.2, 0.25) is 0 Å². The number of nitrogens with two attached hydrogens (primary N) is 1. The van der Waals surface area contributed by atoms with Crippen LogP contribution in [0.1, 0.15) is 22.6 Å². The van der Waals surface area contributed by atoms with Crippen molar-refractivity contribution in [2.45, 2.75) is 30.5 Å². The Morgan fingerprint density at radius 2 is 1.64 bits per heavy atom. The maximum absolute atomic E-state index is 15.6. The van der Waals surface area contributed by atoms with E-state index < -0.39 is 35.7 Å². The number of carbonyl (C=O) groups is 2. The lowest BCUT2D eigenvalue weighted by molar-refractivity contribution is -0.141. The number of nitrogens with zero attached hydrogens (tertiary/aromatic N) is 2. The van der Waals surface area contributed by atoms with Crippen LogP contribution in [0.4, 0.5) is 13.2 Å². The summed E-state index contributed by atoms with van der Waals surface area (Å²) in [5, 5.41) is 4.65. The fourth-order valence-electron chi connectivity index (χ4n) is 6.29. The minimum Gasteiger partial charge on any atom is -0.382 e. The van der Waals surface area contributed by atoms with Crippen molar-refractivity contribution >= 4 is 22.6 Å². The molecule has 1 saturated heterocycles. The van der Waals surface area contributed by atoms with E-state index >= 15 is 4.39 Å². The Morgan fingerprint density at radius 1 is 0.933 bits per heavy atom. The Balaban J connectivity index is 1.49. The summed E-state index contributed by atoms with van der Waals surface area (Å²) in [5.41, 5.74) is 7.95. The maximum Gasteiger partial charge on any atom is 0.240 e. The van der Waals surface area contributed by atoms with E-state index in [4.69, 9.17) is 10.5 Å². The van der Waals surface area contributed by atoms with Gasteiger partial charge in [-0.3, -0.25) is 14.5 Å². The molecule has 1 aliphatic rings. The smallest absolute Gasteiger partial charge is 0.240 e. The highest BCUT2D eigenvalue weighted by Gasteiger charge is 2.42. The van der Waals surface area contributed by atoms with E-state index in [9.17, 15) is 18.4 Å². The molecule has 4 aromatic carbocycles. The number of amides is 2. The fraction of sp³-hybridized carbons (Fsp3) is 0.314. The van der Waals surface area contributed by atoms with Crippen LogP contribution >= 0.6 is 0 Å². The number of benzene rings is 4. The number of hydrogen-bond acceptors (Lipinski definition) is 5. The second-order valence-electron chi connectivity index (χ2n) is 11.4. The summed E-state index contributed by atoms with van der Waals surface area (Å²) in [6.07, 6.45) is 0.230. The number of ether oxygens (including phenoxy) is 1. The van der Waals surface area contributed by atoms with Gasteiger partial charge in [-0.1, -0.05) is 60.7 Å². The lowest BCUT2D eigenvalue weighted by Gasteiger charge is -2.46. The Hall–Kier alpha value is -4.25. The van der Waals surface area contributed by atoms with Gasteiger partial charge < -0.3 is 20.7 Å². The molecule has 1 aliphatic heterocycles. The first-order chi connectivity index (χ1) is 21.7. The first-order valence-corrected chi connectivity index (χ1v) is 14.9. The molecule has 236 valence electrons. The first kappa shape index (κ1) is 32.2. The minimum absolute atomic E-state index is 0.178. The average molecular weight is 619 g/mol. The predicted molar refractivity (Wildman–Crippen MR) is 167 cm³/mol. The molecule has 45 heavy (non-hydrogen) atoms. The molecule has 4 unspecified atom stereocenters. The molecule has 0 aromatic heterocycles. The zero-order valence-electron chi connectivity index (χ0n) is 25.3. The van der Waals surface area contributed by atoms with E-state index in [0.29, 0.717) is 12.1 Å². The molecule has 1 heterocycles. The van der Waals surface area contributed by atoms with Crippen molar-refractivity contribution in [2.75, 3.05) is 40.4 Å². The molecule has 0 saturated carbocycles. The molecule has 7 nitrogen and oxygen atoms in total. The molecule has 4 atom stereocenters. The average Bonchev–Trinajstić information content (AvgIpc) is 3.04. The Bertz CT molecular complexity index is 1650. The monoisotopic (exact) mass is 618 g/mol. The molecule has 2 amide bonds. The second kappa shape index (κ2) is 14.2. The van der Waals surface area contributed by atoms with Gasteiger partial charge in [0.25, 0.3) is 0 Å². The molecule has 3 N–H and O–H groups in total. The van der Waals surface area contributed by atoms with Gasteiger partial charge in [0.15, 0.2) is 0 Å². The van der Waals surface area contributed by atoms with Gasteiger partial charge in [0.1, 0.15) is 23.5 Å². The lowest BCUT2D eigenvalue weighted by Crippen LogP contribution is -2.64. The zero-order chi connectivity index (χ0) is 32.1. The number of fused-ring (bicyclic) bond motifs is 1. The number of methoxy groups -OCH3 is 1. The minimum atomic E-state index is -0.902. The number of hydrogen-bond donors (Lipinski definition) is 2. The lowest BCUT2D eigenvalue weighted by atomic mass is 9.82. The van der Waals surface area contributed by atoms with Crippen LogP contribution in [-0.2, 0) is 20.7 Å². The van der Waals surface area contributed by atoms with Crippen LogP contribution < -0.4 is 11.1 Å². The summed E-state index contributed by atoms with van der Waals surface area (Å²) in [6, 6.07) is 20.5. The molecule has 0 aliphatic carbocycles. The Labute approximate surface area is 260 Å². The standard InChI is InChI=1S/C35H37F3N4O3/c1-40-34(43)33(32(29-14-13-27(37)19-30(29)38)25-10-9-23-5-3-4-6-24(23)18-25)41-15-16-42(28(20-41)21-45-2)35(44)31(39)17-22-7-11-26(36)12-8-22/h3-14,18-19,28,31-33H,15-17,20-21,39H2,1-2H3,(H,40,43). The van der Waals surface area contributed by atoms with Crippen LogP contribution in [0.5, 0.6) is 0 Å². The molecule has 1 fully saturated rings. The number of carbonyl (C=O) groups excluding carboxylic acids is 2. The second-order valence-corrected chi connectivity index (χ2v) is 11.4. The van der Waals surface area contributed by atoms with E-state index in [0.717, 1.165) is 22.4 Å². The van der Waals surface area contributed by atoms with Crippen molar-refractivity contribution in [3.05, 3.63) is 119 Å². The van der Waals surface area contributed by atoms with Crippen LogP contribution in [0, 0.1) is 17.5 Å². The Morgan fingerprint density at radius 3 is 2.33 bits per heavy atom. The van der Waals surface area contributed by atoms with E-state index in [1.165, 1.54) is 38.4 Å². The molecule has 4 aromatic rings. The summed E-state index contributed by atoms with van der Waals surface area (Å²) < 4.78 is 48.5. The molecule has 0 spiro atoms. The van der Waals surface area contributed by atoms with E-state index in [1.54, 1.807) is 17.0 Å². The molecule has 10 heteroatoms. The van der Waals surface area contributed by atoms with Gasteiger partial charge in [-0.15, -0.1) is 0 Å². The number of nitrogens with one attached hydrogen (secondary N) is 1. The quantitative estimate of drug-likeness (QED) is 0.278. The zero-order valence-corrected chi connectivity index (χ0v) is 25.3. The third-order valence-electron chi connectivity index (χ3n) is 8.50. The predicted octanol–water partition coefficient (Wildman–Crippen LogP) is 4.23. The maximum atomic E-state index is 15.6. The van der Waals surface area contributed by atoms with Crippen molar-refractivity contribution in [1.82, 2.24) is 15.1 Å². The van der Waals surface area contributed by atoms with Crippen LogP contribution in [0.25, 0.3) is 10.8 Å². The third-order valence-corrected chi connectivity index (χ3v) is 8.50. The summed E-state index contributed by atoms with van der Waals surface area (Å²) in [5.74, 6) is -3.27. The van der Waals surface area contributed by atoms with Gasteiger partial charge in [-0.05, 0) is 52.1 Å². The number of rotatable bonds is 10. The summed E-state index contributed by atoms with van der Waals surface area (Å²) in [7, 11) is 3.05. The molecule has 0 bridgehead atoms. The highest BCUT2D eigenvalue weighted by molar-refractivity contribution is 5.86. The van der Waals surface area contributed by atoms with Gasteiger partial charge in [0.05, 0.1) is 18.7 Å². The number of likely N-dealkylation sites (N-methyl/N-ethyl adjacent to an activating group) is 1. The van der Waals surface area contributed by atoms with Gasteiger partial charge in [-0.2, -0.15) is 0 Å². The van der Waals surface area contributed by atoms with Crippen LogP contribution in [-0.4, -0.2) is 80.1 Å². The first-order valence-electron chi connectivity index (χ1n) is 14.9. The fourth-order valence-corrected chi connectivity index (χ4v) is 6.29. The highest BCUT2D eigenvalue weighted by Crippen LogP contribution is 2.36. The van der Waals surface area contributed by atoms with E-state index in [-0.39, 0.29) is 49.3 Å². The van der Waals surface area contributed by atoms with E-state index in [2.05, 4.69) is 5.32 Å². The number of halogens is 3. The van der Waals surface area contributed by atoms with Gasteiger partial charge in [-0.25, -0.2) is 13.2 Å². The number of piperazine rings is 1. The molecular formula is C35H37F3N4O3. The van der Waals surface area contributed by atoms with Gasteiger partial charge >= 0.3 is 0 Å². The van der Waals surface area contributed by atoms with Crippen molar-refractivity contribution < 1.29 is 27.5 Å². The normalized spacial score (nSPS) is 17.6. The van der Waals surface area contributed by atoms with Crippen molar-refractivity contribution in [3.8, 4) is 0 Å². The summed E-state index contributed by atoms with van der Waals surface area (Å²) >= 11 is 0. The van der Waals surface area contributed by atoms with E-state index in [1.807, 2.05) is 47.4 Å². The summed E-state index contributed by atoms with van der Waals surface area (Å²) in [4.78, 5) is 30.9. The Kier molecular flexibility index (Phi) is 10.2.